The van der Waals surface area contributed by atoms with Crippen LogP contribution >= 0.6 is 11.6 Å². The fourth-order valence-corrected chi connectivity index (χ4v) is 2.85. The van der Waals surface area contributed by atoms with Gasteiger partial charge in [0, 0.05) is 22.2 Å². The minimum atomic E-state index is -0.202. The molecule has 1 heterocycles. The molecule has 1 aliphatic heterocycles. The zero-order valence-corrected chi connectivity index (χ0v) is 15.3. The maximum absolute atomic E-state index is 12.3. The molecular weight excluding hydrogens is 356 g/mol. The van der Waals surface area contributed by atoms with E-state index >= 15 is 0 Å². The summed E-state index contributed by atoms with van der Waals surface area (Å²) in [5.74, 6) is 0.671. The van der Waals surface area contributed by atoms with Gasteiger partial charge in [0.25, 0.3) is 5.91 Å². The van der Waals surface area contributed by atoms with Crippen molar-refractivity contribution < 1.29 is 24.4 Å². The van der Waals surface area contributed by atoms with Crippen LogP contribution in [-0.4, -0.2) is 25.0 Å². The Morgan fingerprint density at radius 1 is 1.19 bits per heavy atom. The monoisotopic (exact) mass is 375 g/mol. The van der Waals surface area contributed by atoms with E-state index in [-0.39, 0.29) is 31.1 Å². The van der Waals surface area contributed by atoms with Crippen molar-refractivity contribution in [2.75, 3.05) is 18.7 Å². The van der Waals surface area contributed by atoms with Crippen LogP contribution in [0.2, 0.25) is 5.02 Å². The van der Waals surface area contributed by atoms with E-state index in [0.29, 0.717) is 27.8 Å². The summed E-state index contributed by atoms with van der Waals surface area (Å²) in [6.07, 6.45) is 0. The summed E-state index contributed by atoms with van der Waals surface area (Å²) in [7, 11) is 0. The Balaban J connectivity index is 1.64. The van der Waals surface area contributed by atoms with E-state index in [1.54, 1.807) is 12.1 Å². The summed E-state index contributed by atoms with van der Waals surface area (Å²) in [5.41, 5.74) is 1.90. The van der Waals surface area contributed by atoms with E-state index < -0.39 is 0 Å². The maximum Gasteiger partial charge on any atom is 0.279 e. The molecule has 1 atom stereocenters. The van der Waals surface area contributed by atoms with Gasteiger partial charge in [-0.1, -0.05) is 23.7 Å². The maximum atomic E-state index is 12.3. The van der Waals surface area contributed by atoms with Crippen LogP contribution in [0.4, 0.5) is 5.69 Å². The zero-order valence-electron chi connectivity index (χ0n) is 14.5. The number of benzene rings is 2. The molecule has 136 valence electrons. The lowest BCUT2D eigenvalue weighted by Gasteiger charge is -2.13. The molecule has 6 nitrogen and oxygen atoms in total. The number of nitrogens with one attached hydrogen (secondary N) is 1. The molecule has 3 N–H and O–H groups in total. The Morgan fingerprint density at radius 3 is 2.50 bits per heavy atom. The fourth-order valence-electron chi connectivity index (χ4n) is 2.72. The van der Waals surface area contributed by atoms with Crippen molar-refractivity contribution in [1.82, 2.24) is 0 Å². The number of fused-ring (bicyclic) bond motifs is 1. The smallest absolute Gasteiger partial charge is 0.279 e. The molecule has 26 heavy (non-hydrogen) atoms. The lowest BCUT2D eigenvalue weighted by molar-refractivity contribution is -0.682. The van der Waals surface area contributed by atoms with E-state index in [4.69, 9.17) is 21.1 Å². The van der Waals surface area contributed by atoms with Gasteiger partial charge in [-0.2, -0.15) is 0 Å². The number of ketones is 1. The third-order valence-electron chi connectivity index (χ3n) is 4.22. The molecule has 1 amide bonds. The van der Waals surface area contributed by atoms with Crippen molar-refractivity contribution in [3.8, 4) is 11.5 Å². The van der Waals surface area contributed by atoms with E-state index in [9.17, 15) is 9.59 Å². The number of hydrogen-bond donors (Lipinski definition) is 2. The van der Waals surface area contributed by atoms with Gasteiger partial charge in [0.1, 0.15) is 6.04 Å². The van der Waals surface area contributed by atoms with Crippen LogP contribution in [0.15, 0.2) is 36.4 Å². The van der Waals surface area contributed by atoms with E-state index in [0.717, 1.165) is 5.56 Å². The van der Waals surface area contributed by atoms with Gasteiger partial charge in [0.05, 0.1) is 5.69 Å². The number of Topliss-reactive ketones (excluding diaryl/α,β-unsaturated/α-hetero) is 1. The Bertz CT molecular complexity index is 836. The van der Waals surface area contributed by atoms with Gasteiger partial charge in [-0.3, -0.25) is 9.59 Å². The molecule has 0 radical (unpaired) electrons. The third kappa shape index (κ3) is 4.15. The van der Waals surface area contributed by atoms with Crippen LogP contribution in [0.1, 0.15) is 35.8 Å². The van der Waals surface area contributed by atoms with Gasteiger partial charge in [-0.25, -0.2) is 0 Å². The zero-order chi connectivity index (χ0) is 18.7. The Kier molecular flexibility index (Phi) is 5.44. The second kappa shape index (κ2) is 7.76. The summed E-state index contributed by atoms with van der Waals surface area (Å²) in [4.78, 5) is 24.2. The van der Waals surface area contributed by atoms with Crippen molar-refractivity contribution in [1.29, 1.82) is 0 Å². The van der Waals surface area contributed by atoms with Crippen LogP contribution in [0.25, 0.3) is 0 Å². The van der Waals surface area contributed by atoms with Crippen molar-refractivity contribution >= 4 is 29.0 Å². The van der Waals surface area contributed by atoms with Crippen molar-refractivity contribution in [2.24, 2.45) is 0 Å². The Hall–Kier alpha value is -2.57. The van der Waals surface area contributed by atoms with Crippen molar-refractivity contribution in [2.45, 2.75) is 19.9 Å². The second-order valence-corrected chi connectivity index (χ2v) is 6.57. The number of halogens is 1. The first kappa shape index (κ1) is 18.2. The first-order valence-corrected chi connectivity index (χ1v) is 8.65. The number of quaternary nitrogens is 1. The first-order valence-electron chi connectivity index (χ1n) is 8.27. The summed E-state index contributed by atoms with van der Waals surface area (Å²) in [5, 5.41) is 5.38. The molecule has 2 aromatic rings. The predicted molar refractivity (Wildman–Crippen MR) is 97.9 cm³/mol. The summed E-state index contributed by atoms with van der Waals surface area (Å²) in [6, 6.07) is 10.8. The van der Waals surface area contributed by atoms with Crippen LogP contribution < -0.4 is 20.1 Å². The van der Waals surface area contributed by atoms with Crippen LogP contribution in [-0.2, 0) is 4.79 Å². The Morgan fingerprint density at radius 2 is 1.85 bits per heavy atom. The van der Waals surface area contributed by atoms with Gasteiger partial charge in [0.15, 0.2) is 23.8 Å². The lowest BCUT2D eigenvalue weighted by Crippen LogP contribution is -2.86. The number of carbonyl (C=O) groups excluding carboxylic acids is 2. The number of hydrogen-bond acceptors (Lipinski definition) is 4. The Labute approximate surface area is 156 Å². The van der Waals surface area contributed by atoms with Crippen LogP contribution in [0, 0.1) is 0 Å². The number of anilines is 1. The molecule has 0 aromatic heterocycles. The molecule has 7 heteroatoms. The van der Waals surface area contributed by atoms with E-state index in [1.165, 1.54) is 6.92 Å². The fraction of sp³-hybridized carbons (Fsp3) is 0.263. The average molecular weight is 376 g/mol. The molecule has 0 bridgehead atoms. The quantitative estimate of drug-likeness (QED) is 0.760. The highest BCUT2D eigenvalue weighted by Crippen LogP contribution is 2.37. The predicted octanol–water partition coefficient (Wildman–Crippen LogP) is 2.53. The van der Waals surface area contributed by atoms with Crippen molar-refractivity contribution in [3.63, 3.8) is 0 Å². The van der Waals surface area contributed by atoms with E-state index in [2.05, 4.69) is 5.32 Å². The van der Waals surface area contributed by atoms with Gasteiger partial charge >= 0.3 is 0 Å². The highest BCUT2D eigenvalue weighted by atomic mass is 35.5. The second-order valence-electron chi connectivity index (χ2n) is 6.14. The first-order chi connectivity index (χ1) is 12.4. The molecule has 3 rings (SSSR count). The lowest BCUT2D eigenvalue weighted by atomic mass is 10.1. The minimum absolute atomic E-state index is 0.0991. The molecule has 2 aromatic carbocycles. The van der Waals surface area contributed by atoms with E-state index in [1.807, 2.05) is 36.5 Å². The topological polar surface area (TPSA) is 81.2 Å². The summed E-state index contributed by atoms with van der Waals surface area (Å²) >= 11 is 5.89. The number of nitrogens with two attached hydrogens (primary N) is 1. The normalized spacial score (nSPS) is 13.3. The SMILES string of the molecule is CC(=O)c1cc2c(cc1NC(=O)C[NH2+][C@H](C)c1ccc(Cl)cc1)OCO2. The van der Waals surface area contributed by atoms with Crippen LogP contribution in [0.5, 0.6) is 11.5 Å². The molecule has 1 aliphatic rings. The minimum Gasteiger partial charge on any atom is -0.454 e. The van der Waals surface area contributed by atoms with Gasteiger partial charge in [0.2, 0.25) is 6.79 Å². The highest BCUT2D eigenvalue weighted by molar-refractivity contribution is 6.30. The van der Waals surface area contributed by atoms with Gasteiger partial charge < -0.3 is 20.1 Å². The molecule has 0 unspecified atom stereocenters. The standard InChI is InChI=1S/C19H19ClN2O4/c1-11(13-3-5-14(20)6-4-13)21-9-19(24)22-16-8-18-17(25-10-26-18)7-15(16)12(2)23/h3-8,11,21H,9-10H2,1-2H3,(H,22,24)/p+1/t11-/m1/s1. The molecule has 0 spiro atoms. The van der Waals surface area contributed by atoms with Crippen LogP contribution in [0.3, 0.4) is 0 Å². The largest absolute Gasteiger partial charge is 0.454 e. The number of amides is 1. The third-order valence-corrected chi connectivity index (χ3v) is 4.47. The number of carbonyl (C=O) groups is 2. The molecule has 0 aliphatic carbocycles. The van der Waals surface area contributed by atoms with Gasteiger partial charge in [-0.15, -0.1) is 0 Å². The molecule has 0 saturated heterocycles. The summed E-state index contributed by atoms with van der Waals surface area (Å²) < 4.78 is 10.6. The average Bonchev–Trinajstić information content (AvgIpc) is 3.06. The number of ether oxygens (including phenoxy) is 2. The molecule has 0 fully saturated rings. The van der Waals surface area contributed by atoms with Gasteiger partial charge in [-0.05, 0) is 32.0 Å². The van der Waals surface area contributed by atoms with Crippen molar-refractivity contribution in [3.05, 3.63) is 52.5 Å². The molecular formula is C19H20ClN2O4+. The highest BCUT2D eigenvalue weighted by Gasteiger charge is 2.21. The molecule has 0 saturated carbocycles. The summed E-state index contributed by atoms with van der Waals surface area (Å²) in [6.45, 7) is 3.78. The number of rotatable bonds is 6.